The van der Waals surface area contributed by atoms with Gasteiger partial charge in [-0.15, -0.1) is 6.42 Å². The van der Waals surface area contributed by atoms with Crippen molar-refractivity contribution in [2.24, 2.45) is 0 Å². The van der Waals surface area contributed by atoms with Crippen LogP contribution in [0.25, 0.3) is 11.2 Å². The molecule has 15 heteroatoms. The fourth-order valence-electron chi connectivity index (χ4n) is 3.21. The molecule has 2 aromatic heterocycles. The molecular formula is C24H25FN6O8. The number of carbonyl (C=O) groups excluding carboxylic acids is 2. The molecule has 206 valence electrons. The van der Waals surface area contributed by atoms with E-state index in [0.29, 0.717) is 0 Å². The monoisotopic (exact) mass is 544 g/mol. The Hall–Kier alpha value is -4.84. The number of hydrogen-bond donors (Lipinski definition) is 1. The minimum atomic E-state index is -1.41. The van der Waals surface area contributed by atoms with E-state index in [9.17, 15) is 24.1 Å². The van der Waals surface area contributed by atoms with Gasteiger partial charge in [-0.3, -0.25) is 15.4 Å². The summed E-state index contributed by atoms with van der Waals surface area (Å²) in [5, 5.41) is 13.1. The number of aromatic nitrogens is 4. The minimum Gasteiger partial charge on any atom is -0.444 e. The normalized spacial score (nSPS) is 12.7. The van der Waals surface area contributed by atoms with Crippen LogP contribution in [0, 0.1) is 28.5 Å². The third-order valence-electron chi connectivity index (χ3n) is 5.14. The molecular weight excluding hydrogens is 519 g/mol. The van der Waals surface area contributed by atoms with Crippen LogP contribution < -0.4 is 10.1 Å². The highest BCUT2D eigenvalue weighted by Crippen LogP contribution is 2.23. The summed E-state index contributed by atoms with van der Waals surface area (Å²) in [6.07, 6.45) is 4.01. The number of hydrogen-bond acceptors (Lipinski definition) is 11. The largest absolute Gasteiger partial charge is 0.513 e. The summed E-state index contributed by atoms with van der Waals surface area (Å²) in [5.41, 5.74) is -2.20. The molecule has 14 nitrogen and oxygen atoms in total. The first-order valence-electron chi connectivity index (χ1n) is 11.3. The molecule has 1 amide bonds. The lowest BCUT2D eigenvalue weighted by atomic mass is 10.0. The molecule has 3 aromatic rings. The van der Waals surface area contributed by atoms with Gasteiger partial charge in [0.15, 0.2) is 22.6 Å². The third-order valence-corrected chi connectivity index (χ3v) is 5.14. The van der Waals surface area contributed by atoms with E-state index in [2.05, 4.69) is 26.2 Å². The number of nitro groups is 1. The summed E-state index contributed by atoms with van der Waals surface area (Å²) in [6, 6.07) is 4.81. The quantitative estimate of drug-likeness (QED) is 0.104. The summed E-state index contributed by atoms with van der Waals surface area (Å²) < 4.78 is 36.4. The second-order valence-corrected chi connectivity index (χ2v) is 9.06. The van der Waals surface area contributed by atoms with Crippen molar-refractivity contribution in [3.8, 4) is 18.1 Å². The maximum absolute atomic E-state index is 14.2. The summed E-state index contributed by atoms with van der Waals surface area (Å²) in [6.45, 7) is 4.70. The van der Waals surface area contributed by atoms with Crippen LogP contribution >= 0.6 is 0 Å². The van der Waals surface area contributed by atoms with E-state index in [1.54, 1.807) is 20.8 Å². The fourth-order valence-corrected chi connectivity index (χ4v) is 3.21. The van der Waals surface area contributed by atoms with Crippen molar-refractivity contribution in [2.45, 2.75) is 44.9 Å². The molecule has 0 saturated carbocycles. The van der Waals surface area contributed by atoms with Gasteiger partial charge in [-0.1, -0.05) is 5.92 Å². The van der Waals surface area contributed by atoms with E-state index < -0.39 is 41.1 Å². The molecule has 0 aliphatic rings. The van der Waals surface area contributed by atoms with Gasteiger partial charge < -0.3 is 23.5 Å². The van der Waals surface area contributed by atoms with Crippen molar-refractivity contribution in [1.29, 1.82) is 0 Å². The van der Waals surface area contributed by atoms with Gasteiger partial charge >= 0.3 is 18.3 Å². The molecule has 1 aromatic carbocycles. The SMILES string of the molecule is C#CC(CCn1cnc2c(NC(=O)OC(C)(C)C)nc(F)nc21)(COC(=O)Oc1ccc([N+](=O)[O-])cc1)OC. The average Bonchev–Trinajstić information content (AvgIpc) is 3.26. The average molecular weight is 544 g/mol. The minimum absolute atomic E-state index is 0.0247. The number of non-ortho nitro benzene ring substituents is 1. The predicted octanol–water partition coefficient (Wildman–Crippen LogP) is 3.84. The number of methoxy groups -OCH3 is 1. The van der Waals surface area contributed by atoms with E-state index in [0.717, 1.165) is 0 Å². The smallest absolute Gasteiger partial charge is 0.444 e. The van der Waals surface area contributed by atoms with Crippen LogP contribution in [0.3, 0.4) is 0 Å². The van der Waals surface area contributed by atoms with Crippen LogP contribution in [0.5, 0.6) is 5.75 Å². The van der Waals surface area contributed by atoms with Crippen LogP contribution in [0.15, 0.2) is 30.6 Å². The van der Waals surface area contributed by atoms with E-state index in [1.807, 2.05) is 0 Å². The Morgan fingerprint density at radius 3 is 2.51 bits per heavy atom. The number of amides is 1. The lowest BCUT2D eigenvalue weighted by Gasteiger charge is -2.26. The van der Waals surface area contributed by atoms with E-state index in [4.69, 9.17) is 25.4 Å². The van der Waals surface area contributed by atoms with E-state index in [1.165, 1.54) is 42.3 Å². The standard InChI is InChI=1S/C24H25FN6O8/c1-6-24(36-5,13-37-22(33)38-16-9-7-15(8-10-16)31(34)35)11-12-30-14-26-17-18(27-20(25)29-19(17)30)28-21(32)39-23(2,3)4/h1,7-10,14H,11-13H2,2-5H3,(H,27,28,29,32). The lowest BCUT2D eigenvalue weighted by Crippen LogP contribution is -2.38. The van der Waals surface area contributed by atoms with Gasteiger partial charge in [0, 0.05) is 32.2 Å². The van der Waals surface area contributed by atoms with Crippen molar-refractivity contribution in [2.75, 3.05) is 19.0 Å². The van der Waals surface area contributed by atoms with Crippen molar-refractivity contribution in [3.05, 3.63) is 46.8 Å². The molecule has 39 heavy (non-hydrogen) atoms. The highest BCUT2D eigenvalue weighted by Gasteiger charge is 2.31. The van der Waals surface area contributed by atoms with Crippen LogP contribution in [0.1, 0.15) is 27.2 Å². The van der Waals surface area contributed by atoms with Crippen molar-refractivity contribution in [3.63, 3.8) is 0 Å². The highest BCUT2D eigenvalue weighted by molar-refractivity contribution is 5.93. The first-order valence-corrected chi connectivity index (χ1v) is 11.3. The molecule has 0 aliphatic heterocycles. The van der Waals surface area contributed by atoms with Gasteiger partial charge in [-0.2, -0.15) is 14.4 Å². The Morgan fingerprint density at radius 1 is 1.23 bits per heavy atom. The zero-order valence-corrected chi connectivity index (χ0v) is 21.5. The van der Waals surface area contributed by atoms with Crippen LogP contribution in [-0.2, 0) is 20.8 Å². The molecule has 0 bridgehead atoms. The van der Waals surface area contributed by atoms with Crippen LogP contribution in [-0.4, -0.2) is 61.6 Å². The zero-order chi connectivity index (χ0) is 28.8. The summed E-state index contributed by atoms with van der Waals surface area (Å²) in [7, 11) is 1.32. The first-order chi connectivity index (χ1) is 18.3. The van der Waals surface area contributed by atoms with E-state index >= 15 is 0 Å². The number of nitrogens with one attached hydrogen (secondary N) is 1. The molecule has 1 atom stereocenters. The molecule has 0 aliphatic carbocycles. The first kappa shape index (κ1) is 28.7. The zero-order valence-electron chi connectivity index (χ0n) is 21.5. The molecule has 0 fully saturated rings. The Bertz CT molecular complexity index is 1410. The Kier molecular flexibility index (Phi) is 8.61. The Balaban J connectivity index is 1.68. The summed E-state index contributed by atoms with van der Waals surface area (Å²) in [4.78, 5) is 46.0. The van der Waals surface area contributed by atoms with Gasteiger partial charge in [0.2, 0.25) is 0 Å². The number of halogens is 1. The van der Waals surface area contributed by atoms with Gasteiger partial charge in [-0.25, -0.2) is 14.6 Å². The van der Waals surface area contributed by atoms with Crippen LogP contribution in [0.2, 0.25) is 0 Å². The molecule has 2 heterocycles. The number of terminal acetylenes is 1. The molecule has 1 unspecified atom stereocenters. The summed E-state index contributed by atoms with van der Waals surface area (Å²) >= 11 is 0. The fraction of sp³-hybridized carbons (Fsp3) is 0.375. The number of imidazole rings is 1. The lowest BCUT2D eigenvalue weighted by molar-refractivity contribution is -0.384. The Morgan fingerprint density at radius 2 is 1.92 bits per heavy atom. The van der Waals surface area contributed by atoms with Gasteiger partial charge in [0.25, 0.3) is 5.69 Å². The number of nitro benzene ring substituents is 1. The van der Waals surface area contributed by atoms with Crippen molar-refractivity contribution < 1.29 is 37.9 Å². The maximum atomic E-state index is 14.2. The van der Waals surface area contributed by atoms with Gasteiger partial charge in [0.1, 0.15) is 18.0 Å². The van der Waals surface area contributed by atoms with Crippen LogP contribution in [0.4, 0.5) is 25.5 Å². The molecule has 3 rings (SSSR count). The topological polar surface area (TPSA) is 170 Å². The second kappa shape index (κ2) is 11.7. The molecule has 0 saturated heterocycles. The molecule has 0 spiro atoms. The number of rotatable bonds is 9. The van der Waals surface area contributed by atoms with Gasteiger partial charge in [0.05, 0.1) is 11.3 Å². The number of benzene rings is 1. The van der Waals surface area contributed by atoms with Crippen molar-refractivity contribution in [1.82, 2.24) is 19.5 Å². The van der Waals surface area contributed by atoms with Crippen molar-refractivity contribution >= 4 is 34.9 Å². The second-order valence-electron chi connectivity index (χ2n) is 9.06. The number of aryl methyl sites for hydroxylation is 1. The third kappa shape index (κ3) is 7.58. The number of nitrogens with zero attached hydrogens (tertiary/aromatic N) is 5. The number of fused-ring (bicyclic) bond motifs is 1. The van der Waals surface area contributed by atoms with E-state index in [-0.39, 0.29) is 41.4 Å². The number of carbonyl (C=O) groups is 2. The highest BCUT2D eigenvalue weighted by atomic mass is 19.1. The number of anilines is 1. The predicted molar refractivity (Wildman–Crippen MR) is 133 cm³/mol. The molecule has 0 radical (unpaired) electrons. The van der Waals surface area contributed by atoms with Gasteiger partial charge in [-0.05, 0) is 32.9 Å². The maximum Gasteiger partial charge on any atom is 0.513 e. The summed E-state index contributed by atoms with van der Waals surface area (Å²) in [5.74, 6) is 2.28. The Labute approximate surface area is 221 Å². The number of ether oxygens (including phenoxy) is 4. The molecule has 1 N–H and O–H groups in total.